The van der Waals surface area contributed by atoms with Crippen molar-refractivity contribution in [3.8, 4) is 0 Å². The maximum Gasteiger partial charge on any atom is 0.182 e. The number of hydrogen-bond donors (Lipinski definition) is 1. The minimum absolute atomic E-state index is 0.660. The van der Waals surface area contributed by atoms with Crippen LogP contribution in [0.25, 0.3) is 0 Å². The molecule has 4 heteroatoms. The van der Waals surface area contributed by atoms with E-state index in [-0.39, 0.29) is 0 Å². The minimum Gasteiger partial charge on any atom is -0.381 e. The molecule has 0 radical (unpaired) electrons. The highest BCUT2D eigenvalue weighted by molar-refractivity contribution is 7.13. The fourth-order valence-corrected chi connectivity index (χ4v) is 2.33. The van der Waals surface area contributed by atoms with Crippen LogP contribution in [0.5, 0.6) is 0 Å². The van der Waals surface area contributed by atoms with Crippen LogP contribution in [0, 0.1) is 12.8 Å². The SMILES string of the molecule is Cc1csc(NCC2CCCOC2)n1. The molecule has 0 aromatic carbocycles. The zero-order valence-electron chi connectivity index (χ0n) is 8.45. The number of nitrogens with one attached hydrogen (secondary N) is 1. The zero-order valence-corrected chi connectivity index (χ0v) is 9.27. The number of aryl methyl sites for hydroxylation is 1. The molecule has 1 unspecified atom stereocenters. The molecule has 1 aliphatic rings. The highest BCUT2D eigenvalue weighted by Gasteiger charge is 2.13. The lowest BCUT2D eigenvalue weighted by molar-refractivity contribution is 0.0595. The third-order valence-corrected chi connectivity index (χ3v) is 3.33. The number of ether oxygens (including phenoxy) is 1. The van der Waals surface area contributed by atoms with E-state index in [0.717, 1.165) is 30.6 Å². The van der Waals surface area contributed by atoms with Crippen LogP contribution in [0.4, 0.5) is 5.13 Å². The summed E-state index contributed by atoms with van der Waals surface area (Å²) in [6.07, 6.45) is 2.47. The summed E-state index contributed by atoms with van der Waals surface area (Å²) in [5, 5.41) is 6.47. The van der Waals surface area contributed by atoms with Crippen molar-refractivity contribution in [3.05, 3.63) is 11.1 Å². The van der Waals surface area contributed by atoms with E-state index in [9.17, 15) is 0 Å². The van der Waals surface area contributed by atoms with Gasteiger partial charge in [-0.1, -0.05) is 0 Å². The van der Waals surface area contributed by atoms with Crippen LogP contribution >= 0.6 is 11.3 Å². The summed E-state index contributed by atoms with van der Waals surface area (Å²) < 4.78 is 5.42. The van der Waals surface area contributed by atoms with Crippen molar-refractivity contribution in [1.82, 2.24) is 4.98 Å². The van der Waals surface area contributed by atoms with Gasteiger partial charge in [0.15, 0.2) is 5.13 Å². The van der Waals surface area contributed by atoms with Gasteiger partial charge in [0.05, 0.1) is 12.3 Å². The van der Waals surface area contributed by atoms with Crippen LogP contribution in [-0.2, 0) is 4.74 Å². The predicted molar refractivity (Wildman–Crippen MR) is 58.9 cm³/mol. The van der Waals surface area contributed by atoms with Gasteiger partial charge in [0, 0.05) is 18.5 Å². The van der Waals surface area contributed by atoms with E-state index in [0.29, 0.717) is 5.92 Å². The highest BCUT2D eigenvalue weighted by atomic mass is 32.1. The Morgan fingerprint density at radius 3 is 3.29 bits per heavy atom. The van der Waals surface area contributed by atoms with Crippen molar-refractivity contribution in [1.29, 1.82) is 0 Å². The fourth-order valence-electron chi connectivity index (χ4n) is 1.64. The lowest BCUT2D eigenvalue weighted by Crippen LogP contribution is -2.24. The molecule has 1 N–H and O–H groups in total. The molecule has 2 heterocycles. The van der Waals surface area contributed by atoms with Crippen molar-refractivity contribution in [2.75, 3.05) is 25.1 Å². The molecule has 1 saturated heterocycles. The molecule has 0 spiro atoms. The molecule has 1 atom stereocenters. The summed E-state index contributed by atoms with van der Waals surface area (Å²) >= 11 is 1.68. The molecule has 1 aromatic rings. The third-order valence-electron chi connectivity index (χ3n) is 2.42. The fraction of sp³-hybridized carbons (Fsp3) is 0.700. The van der Waals surface area contributed by atoms with Gasteiger partial charge in [0.1, 0.15) is 0 Å². The Labute approximate surface area is 88.5 Å². The summed E-state index contributed by atoms with van der Waals surface area (Å²) in [7, 11) is 0. The maximum atomic E-state index is 5.42. The molecule has 0 aliphatic carbocycles. The van der Waals surface area contributed by atoms with Crippen LogP contribution in [0.2, 0.25) is 0 Å². The topological polar surface area (TPSA) is 34.1 Å². The van der Waals surface area contributed by atoms with Gasteiger partial charge in [-0.3, -0.25) is 0 Å². The smallest absolute Gasteiger partial charge is 0.182 e. The van der Waals surface area contributed by atoms with Gasteiger partial charge in [-0.05, 0) is 25.7 Å². The van der Waals surface area contributed by atoms with Crippen molar-refractivity contribution >= 4 is 16.5 Å². The summed E-state index contributed by atoms with van der Waals surface area (Å²) in [4.78, 5) is 4.36. The summed E-state index contributed by atoms with van der Waals surface area (Å²) in [6.45, 7) is 4.85. The standard InChI is InChI=1S/C10H16N2OS/c1-8-7-14-10(12-8)11-5-9-3-2-4-13-6-9/h7,9H,2-6H2,1H3,(H,11,12). The molecule has 1 aliphatic heterocycles. The van der Waals surface area contributed by atoms with Crippen LogP contribution in [0.3, 0.4) is 0 Å². The normalized spacial score (nSPS) is 22.2. The van der Waals surface area contributed by atoms with E-state index < -0.39 is 0 Å². The van der Waals surface area contributed by atoms with Gasteiger partial charge in [-0.25, -0.2) is 4.98 Å². The first-order valence-corrected chi connectivity index (χ1v) is 5.96. The second kappa shape index (κ2) is 4.75. The van der Waals surface area contributed by atoms with Gasteiger partial charge >= 0.3 is 0 Å². The lowest BCUT2D eigenvalue weighted by atomic mass is 10.0. The first-order chi connectivity index (χ1) is 6.84. The molecule has 1 fully saturated rings. The van der Waals surface area contributed by atoms with Crippen LogP contribution < -0.4 is 5.32 Å². The highest BCUT2D eigenvalue weighted by Crippen LogP contribution is 2.17. The van der Waals surface area contributed by atoms with E-state index in [1.807, 2.05) is 6.92 Å². The second-order valence-corrected chi connectivity index (χ2v) is 4.62. The van der Waals surface area contributed by atoms with Crippen molar-refractivity contribution in [3.63, 3.8) is 0 Å². The largest absolute Gasteiger partial charge is 0.381 e. The Balaban J connectivity index is 1.76. The first-order valence-electron chi connectivity index (χ1n) is 5.08. The molecular weight excluding hydrogens is 196 g/mol. The molecular formula is C10H16N2OS. The molecule has 0 bridgehead atoms. The van der Waals surface area contributed by atoms with Gasteiger partial charge in [0.2, 0.25) is 0 Å². The van der Waals surface area contributed by atoms with Crippen LogP contribution in [-0.4, -0.2) is 24.7 Å². The molecule has 0 amide bonds. The summed E-state index contributed by atoms with van der Waals surface area (Å²) in [5.41, 5.74) is 1.09. The van der Waals surface area contributed by atoms with Gasteiger partial charge in [-0.2, -0.15) is 0 Å². The summed E-state index contributed by atoms with van der Waals surface area (Å²) in [5.74, 6) is 0.660. The number of rotatable bonds is 3. The van der Waals surface area contributed by atoms with Gasteiger partial charge in [-0.15, -0.1) is 11.3 Å². The Hall–Kier alpha value is -0.610. The average molecular weight is 212 g/mol. The van der Waals surface area contributed by atoms with Crippen molar-refractivity contribution in [2.24, 2.45) is 5.92 Å². The maximum absolute atomic E-state index is 5.42. The van der Waals surface area contributed by atoms with E-state index in [2.05, 4.69) is 15.7 Å². The van der Waals surface area contributed by atoms with Crippen LogP contribution in [0.15, 0.2) is 5.38 Å². The van der Waals surface area contributed by atoms with E-state index in [1.54, 1.807) is 11.3 Å². The first kappa shape index (κ1) is 9.93. The monoisotopic (exact) mass is 212 g/mol. The van der Waals surface area contributed by atoms with E-state index in [1.165, 1.54) is 12.8 Å². The lowest BCUT2D eigenvalue weighted by Gasteiger charge is -2.21. The van der Waals surface area contributed by atoms with Crippen molar-refractivity contribution in [2.45, 2.75) is 19.8 Å². The van der Waals surface area contributed by atoms with Gasteiger partial charge in [0.25, 0.3) is 0 Å². The van der Waals surface area contributed by atoms with Crippen LogP contribution in [0.1, 0.15) is 18.5 Å². The molecule has 14 heavy (non-hydrogen) atoms. The molecule has 1 aromatic heterocycles. The number of thiazole rings is 1. The Morgan fingerprint density at radius 1 is 1.71 bits per heavy atom. The van der Waals surface area contributed by atoms with E-state index >= 15 is 0 Å². The number of hydrogen-bond acceptors (Lipinski definition) is 4. The Bertz CT molecular complexity index is 281. The Morgan fingerprint density at radius 2 is 2.64 bits per heavy atom. The number of anilines is 1. The average Bonchev–Trinajstić information content (AvgIpc) is 2.63. The quantitative estimate of drug-likeness (QED) is 0.834. The minimum atomic E-state index is 0.660. The third kappa shape index (κ3) is 2.69. The van der Waals surface area contributed by atoms with E-state index in [4.69, 9.17) is 4.74 Å². The Kier molecular flexibility index (Phi) is 3.37. The predicted octanol–water partition coefficient (Wildman–Crippen LogP) is 2.29. The molecule has 2 rings (SSSR count). The molecule has 0 saturated carbocycles. The van der Waals surface area contributed by atoms with Crippen molar-refractivity contribution < 1.29 is 4.74 Å². The number of nitrogens with zero attached hydrogens (tertiary/aromatic N) is 1. The molecule has 3 nitrogen and oxygen atoms in total. The number of aromatic nitrogens is 1. The van der Waals surface area contributed by atoms with Gasteiger partial charge < -0.3 is 10.1 Å². The molecule has 78 valence electrons. The second-order valence-electron chi connectivity index (χ2n) is 3.76. The summed E-state index contributed by atoms with van der Waals surface area (Å²) in [6, 6.07) is 0. The zero-order chi connectivity index (χ0) is 9.80.